The largest absolute Gasteiger partial charge is 0.480 e. The van der Waals surface area contributed by atoms with E-state index in [1.165, 1.54) is 6.92 Å². The fourth-order valence-electron chi connectivity index (χ4n) is 3.61. The van der Waals surface area contributed by atoms with Crippen LogP contribution in [0.25, 0.3) is 11.1 Å². The molecule has 0 heterocycles. The Morgan fingerprint density at radius 2 is 1.56 bits per heavy atom. The molecule has 12 heteroatoms. The molecule has 2 aromatic carbocycles. The number of amides is 2. The molecular formula is C27H35N2O9P. The van der Waals surface area contributed by atoms with E-state index in [0.717, 1.165) is 11.1 Å². The van der Waals surface area contributed by atoms with Gasteiger partial charge in [0.1, 0.15) is 11.4 Å². The third-order valence-electron chi connectivity index (χ3n) is 6.01. The number of esters is 1. The first-order valence-electron chi connectivity index (χ1n) is 12.4. The van der Waals surface area contributed by atoms with E-state index in [0.29, 0.717) is 5.56 Å². The van der Waals surface area contributed by atoms with Crippen LogP contribution in [0.5, 0.6) is 0 Å². The number of hydrogen-bond donors (Lipinski definition) is 4. The highest BCUT2D eigenvalue weighted by atomic mass is 31.1. The molecule has 4 N–H and O–H groups in total. The molecule has 2 rings (SSSR count). The first kappa shape index (κ1) is 31.5. The number of carboxylic acid groups (broad SMARTS) is 1. The predicted octanol–water partition coefficient (Wildman–Crippen LogP) is 2.82. The van der Waals surface area contributed by atoms with Gasteiger partial charge in [-0.1, -0.05) is 68.4 Å². The molecule has 4 unspecified atom stereocenters. The van der Waals surface area contributed by atoms with Crippen LogP contribution in [0.15, 0.2) is 54.6 Å². The summed E-state index contributed by atoms with van der Waals surface area (Å²) in [4.78, 5) is 47.7. The van der Waals surface area contributed by atoms with E-state index in [1.54, 1.807) is 26.0 Å². The molecule has 0 aliphatic carbocycles. The minimum atomic E-state index is -2.04. The van der Waals surface area contributed by atoms with Crippen molar-refractivity contribution in [2.24, 2.45) is 11.8 Å². The topological polar surface area (TPSA) is 168 Å². The van der Waals surface area contributed by atoms with Gasteiger partial charge >= 0.3 is 18.0 Å². The lowest BCUT2D eigenvalue weighted by molar-refractivity contribution is -0.155. The molecule has 0 aliphatic heterocycles. The van der Waals surface area contributed by atoms with Gasteiger partial charge in [0.25, 0.3) is 0 Å². The molecular weight excluding hydrogens is 527 g/mol. The number of nitrogens with one attached hydrogen (secondary N) is 2. The number of carbonyl (C=O) groups is 4. The highest BCUT2D eigenvalue weighted by Gasteiger charge is 2.41. The summed E-state index contributed by atoms with van der Waals surface area (Å²) in [6.07, 6.45) is -1.25. The molecule has 4 atom stereocenters. The summed E-state index contributed by atoms with van der Waals surface area (Å²) in [7, 11) is -1.95. The van der Waals surface area contributed by atoms with E-state index in [2.05, 4.69) is 10.6 Å². The Hall–Kier alpha value is -3.69. The van der Waals surface area contributed by atoms with Gasteiger partial charge in [-0.05, 0) is 30.0 Å². The van der Waals surface area contributed by atoms with Gasteiger partial charge in [0.05, 0.1) is 20.3 Å². The van der Waals surface area contributed by atoms with Crippen molar-refractivity contribution in [3.63, 3.8) is 0 Å². The Morgan fingerprint density at radius 3 is 2.13 bits per heavy atom. The average molecular weight is 563 g/mol. The second kappa shape index (κ2) is 15.0. The quantitative estimate of drug-likeness (QED) is 0.154. The van der Waals surface area contributed by atoms with Crippen LogP contribution in [0.3, 0.4) is 0 Å². The number of rotatable bonds is 14. The van der Waals surface area contributed by atoms with Crippen molar-refractivity contribution in [3.8, 4) is 11.1 Å². The lowest BCUT2D eigenvalue weighted by atomic mass is 9.89. The molecule has 0 bridgehead atoms. The molecule has 39 heavy (non-hydrogen) atoms. The zero-order valence-corrected chi connectivity index (χ0v) is 23.2. The standard InChI is InChI=1S/C27H35N2O9P/c1-17(2)25(33)37-16-38-26(34)28-14-13-27(35,39-36)22(23(30)29-18(3)24(31)32)15-19-9-11-21(12-10-19)20-7-5-4-6-8-20/h4-12,17-18,22,35H,13-16,39H2,1-3H3,(H,28,34)(H,29,30)(H,31,32). The summed E-state index contributed by atoms with van der Waals surface area (Å²) in [5.41, 5.74) is 2.58. The van der Waals surface area contributed by atoms with E-state index in [9.17, 15) is 34.0 Å². The lowest BCUT2D eigenvalue weighted by Gasteiger charge is -2.32. The third kappa shape index (κ3) is 9.85. The molecule has 0 saturated heterocycles. The maximum absolute atomic E-state index is 13.1. The van der Waals surface area contributed by atoms with Crippen LogP contribution in [0.1, 0.15) is 32.8 Å². The smallest absolute Gasteiger partial charge is 0.410 e. The number of carboxylic acids is 1. The Labute approximate surface area is 228 Å². The van der Waals surface area contributed by atoms with Gasteiger partial charge in [0.15, 0.2) is 0 Å². The second-order valence-corrected chi connectivity index (χ2v) is 10.6. The predicted molar refractivity (Wildman–Crippen MR) is 145 cm³/mol. The molecule has 0 aliphatic rings. The summed E-state index contributed by atoms with van der Waals surface area (Å²) in [5.74, 6) is -4.28. The Morgan fingerprint density at radius 1 is 0.949 bits per heavy atom. The Kier molecular flexibility index (Phi) is 12.2. The highest BCUT2D eigenvalue weighted by molar-refractivity contribution is 7.25. The van der Waals surface area contributed by atoms with Crippen LogP contribution in [-0.2, 0) is 34.8 Å². The van der Waals surface area contributed by atoms with Gasteiger partial charge in [-0.2, -0.15) is 0 Å². The van der Waals surface area contributed by atoms with E-state index in [1.807, 2.05) is 42.5 Å². The van der Waals surface area contributed by atoms with Gasteiger partial charge in [-0.15, -0.1) is 0 Å². The molecule has 0 spiro atoms. The average Bonchev–Trinajstić information content (AvgIpc) is 2.92. The Balaban J connectivity index is 2.13. The van der Waals surface area contributed by atoms with E-state index in [-0.39, 0.29) is 19.4 Å². The van der Waals surface area contributed by atoms with E-state index in [4.69, 9.17) is 9.47 Å². The molecule has 0 aromatic heterocycles. The SMILES string of the molecule is CC(C)C(=O)OCOC(=O)NCCC(O)([PH2]=O)C(Cc1ccc(-c2ccccc2)cc1)C(=O)NC(C)C(=O)O. The zero-order chi connectivity index (χ0) is 29.0. The molecule has 0 saturated carbocycles. The van der Waals surface area contributed by atoms with Crippen LogP contribution >= 0.6 is 8.46 Å². The van der Waals surface area contributed by atoms with Crippen molar-refractivity contribution in [3.05, 3.63) is 60.2 Å². The molecule has 2 aromatic rings. The van der Waals surface area contributed by atoms with Crippen molar-refractivity contribution in [1.82, 2.24) is 10.6 Å². The van der Waals surface area contributed by atoms with Gasteiger partial charge in [-0.25, -0.2) is 4.79 Å². The summed E-state index contributed by atoms with van der Waals surface area (Å²) in [6.45, 7) is 3.70. The van der Waals surface area contributed by atoms with Crippen molar-refractivity contribution in [1.29, 1.82) is 0 Å². The number of ether oxygens (including phenoxy) is 2. The van der Waals surface area contributed by atoms with Gasteiger partial charge in [0, 0.05) is 13.0 Å². The fraction of sp³-hybridized carbons (Fsp3) is 0.407. The van der Waals surface area contributed by atoms with E-state index < -0.39 is 62.4 Å². The molecule has 2 amide bonds. The fourth-order valence-corrected chi connectivity index (χ4v) is 4.31. The highest BCUT2D eigenvalue weighted by Crippen LogP contribution is 2.35. The summed E-state index contributed by atoms with van der Waals surface area (Å²) < 4.78 is 21.8. The van der Waals surface area contributed by atoms with Crippen LogP contribution < -0.4 is 10.6 Å². The summed E-state index contributed by atoms with van der Waals surface area (Å²) >= 11 is 0. The first-order valence-corrected chi connectivity index (χ1v) is 13.4. The molecule has 11 nitrogen and oxygen atoms in total. The van der Waals surface area contributed by atoms with E-state index >= 15 is 0 Å². The van der Waals surface area contributed by atoms with Crippen LogP contribution in [0.4, 0.5) is 4.79 Å². The summed E-state index contributed by atoms with van der Waals surface area (Å²) in [5, 5.41) is 23.1. The number of carbonyl (C=O) groups excluding carboxylic acids is 3. The van der Waals surface area contributed by atoms with Crippen molar-refractivity contribution in [2.75, 3.05) is 13.3 Å². The number of aliphatic carboxylic acids is 1. The van der Waals surface area contributed by atoms with Gasteiger partial charge in [-0.3, -0.25) is 14.4 Å². The second-order valence-electron chi connectivity index (χ2n) is 9.34. The Bertz CT molecular complexity index is 1140. The maximum Gasteiger partial charge on any atom is 0.410 e. The molecule has 0 radical (unpaired) electrons. The zero-order valence-electron chi connectivity index (χ0n) is 22.1. The minimum Gasteiger partial charge on any atom is -0.480 e. The normalized spacial score (nSPS) is 14.3. The van der Waals surface area contributed by atoms with Crippen molar-refractivity contribution in [2.45, 2.75) is 45.0 Å². The van der Waals surface area contributed by atoms with Crippen molar-refractivity contribution >= 4 is 32.4 Å². The monoisotopic (exact) mass is 562 g/mol. The summed E-state index contributed by atoms with van der Waals surface area (Å²) in [6, 6.07) is 15.6. The first-order chi connectivity index (χ1) is 18.5. The van der Waals surface area contributed by atoms with Gasteiger partial charge in [0.2, 0.25) is 12.7 Å². The van der Waals surface area contributed by atoms with Crippen LogP contribution in [-0.4, -0.2) is 58.9 Å². The maximum atomic E-state index is 13.1. The molecule has 212 valence electrons. The number of hydrogen-bond acceptors (Lipinski definition) is 8. The van der Waals surface area contributed by atoms with Crippen molar-refractivity contribution < 1.29 is 43.4 Å². The lowest BCUT2D eigenvalue weighted by Crippen LogP contribution is -2.50. The number of alkyl carbamates (subject to hydrolysis) is 1. The van der Waals surface area contributed by atoms with Crippen LogP contribution in [0, 0.1) is 11.8 Å². The van der Waals surface area contributed by atoms with Crippen LogP contribution in [0.2, 0.25) is 0 Å². The molecule has 0 fully saturated rings. The minimum absolute atomic E-state index is 0.0332. The van der Waals surface area contributed by atoms with Gasteiger partial charge < -0.3 is 34.9 Å². The number of aliphatic hydroxyl groups is 1. The number of benzene rings is 2. The third-order valence-corrected chi connectivity index (χ3v) is 7.11.